The van der Waals surface area contributed by atoms with Crippen molar-refractivity contribution >= 4 is 17.1 Å². The molecule has 0 bridgehead atoms. The van der Waals surface area contributed by atoms with Crippen molar-refractivity contribution < 1.29 is 9.13 Å². The summed E-state index contributed by atoms with van der Waals surface area (Å²) in [7, 11) is 1.63. The summed E-state index contributed by atoms with van der Waals surface area (Å²) in [6.07, 6.45) is 12.7. The van der Waals surface area contributed by atoms with Crippen LogP contribution < -0.4 is 11.1 Å². The summed E-state index contributed by atoms with van der Waals surface area (Å²) < 4.78 is 18.3. The minimum Gasteiger partial charge on any atom is -0.397 e. The van der Waals surface area contributed by atoms with Crippen molar-refractivity contribution in [1.82, 2.24) is 15.0 Å². The van der Waals surface area contributed by atoms with E-state index in [-0.39, 0.29) is 0 Å². The van der Waals surface area contributed by atoms with Crippen LogP contribution in [-0.2, 0) is 11.3 Å². The summed E-state index contributed by atoms with van der Waals surface area (Å²) in [6, 6.07) is 8.69. The molecule has 3 rings (SSSR count). The van der Waals surface area contributed by atoms with Crippen LogP contribution in [0.1, 0.15) is 50.4 Å². The van der Waals surface area contributed by atoms with Crippen LogP contribution in [0.5, 0.6) is 0 Å². The van der Waals surface area contributed by atoms with Gasteiger partial charge in [-0.1, -0.05) is 38.3 Å². The summed E-state index contributed by atoms with van der Waals surface area (Å²) in [4.78, 5) is 12.8. The Balaban J connectivity index is 1.86. The largest absolute Gasteiger partial charge is 0.397 e. The predicted molar refractivity (Wildman–Crippen MR) is 127 cm³/mol. The van der Waals surface area contributed by atoms with E-state index >= 15 is 0 Å². The summed E-state index contributed by atoms with van der Waals surface area (Å²) in [5, 5.41) is 3.44. The molecule has 7 heteroatoms. The zero-order valence-electron chi connectivity index (χ0n) is 18.6. The van der Waals surface area contributed by atoms with Gasteiger partial charge in [0.15, 0.2) is 0 Å². The average molecular weight is 436 g/mol. The number of nitrogens with zero attached hydrogens (tertiary/aromatic N) is 3. The maximum Gasteiger partial charge on any atom is 0.212 e. The van der Waals surface area contributed by atoms with Crippen LogP contribution in [0.3, 0.4) is 0 Å². The number of nitrogen functional groups attached to an aromatic ring is 1. The zero-order valence-corrected chi connectivity index (χ0v) is 18.6. The summed E-state index contributed by atoms with van der Waals surface area (Å²) in [5.74, 6) is -0.508. The molecule has 2 aromatic heterocycles. The lowest BCUT2D eigenvalue weighted by Gasteiger charge is -2.15. The topological polar surface area (TPSA) is 86.0 Å². The van der Waals surface area contributed by atoms with Gasteiger partial charge in [-0.3, -0.25) is 9.97 Å². The molecule has 0 amide bonds. The number of halogens is 1. The van der Waals surface area contributed by atoms with Crippen LogP contribution in [0.25, 0.3) is 16.8 Å². The van der Waals surface area contributed by atoms with Gasteiger partial charge in [0.2, 0.25) is 5.95 Å². The number of methoxy groups -OCH3 is 1. The number of ether oxygens (including phenoxy) is 1. The molecule has 0 saturated carbocycles. The van der Waals surface area contributed by atoms with Crippen molar-refractivity contribution in [3.63, 3.8) is 0 Å². The molecule has 0 spiro atoms. The molecule has 0 aliphatic rings. The Hall–Kier alpha value is -3.32. The molecule has 168 valence electrons. The Bertz CT molecular complexity index is 1020. The van der Waals surface area contributed by atoms with E-state index in [1.807, 2.05) is 18.2 Å². The van der Waals surface area contributed by atoms with Gasteiger partial charge in [-0.15, -0.1) is 0 Å². The molecule has 0 aliphatic carbocycles. The van der Waals surface area contributed by atoms with Crippen LogP contribution in [0, 0.1) is 5.95 Å². The number of nitrogens with one attached hydrogen (secondary N) is 1. The first kappa shape index (κ1) is 23.3. The zero-order chi connectivity index (χ0) is 22.8. The molecular formula is C25H30FN5O. The fraction of sp³-hybridized carbons (Fsp3) is 0.320. The van der Waals surface area contributed by atoms with E-state index in [1.54, 1.807) is 25.6 Å². The number of benzene rings is 1. The number of nitrogens with two attached hydrogens (primary N) is 1. The highest BCUT2D eigenvalue weighted by Gasteiger charge is 2.10. The fourth-order valence-corrected chi connectivity index (χ4v) is 3.29. The maximum absolute atomic E-state index is 13.2. The smallest absolute Gasteiger partial charge is 0.212 e. The van der Waals surface area contributed by atoms with Crippen molar-refractivity contribution in [3.8, 4) is 11.1 Å². The number of hydrogen-bond donors (Lipinski definition) is 2. The molecule has 0 atom stereocenters. The number of hydrogen-bond acceptors (Lipinski definition) is 6. The van der Waals surface area contributed by atoms with Gasteiger partial charge in [0.1, 0.15) is 5.69 Å². The van der Waals surface area contributed by atoms with E-state index in [2.05, 4.69) is 33.3 Å². The summed E-state index contributed by atoms with van der Waals surface area (Å²) >= 11 is 0. The molecule has 0 saturated heterocycles. The van der Waals surface area contributed by atoms with Gasteiger partial charge in [0.05, 0.1) is 41.8 Å². The lowest BCUT2D eigenvalue weighted by atomic mass is 10.1. The number of anilines is 2. The Kier molecular flexibility index (Phi) is 8.69. The van der Waals surface area contributed by atoms with E-state index in [1.165, 1.54) is 31.5 Å². The predicted octanol–water partition coefficient (Wildman–Crippen LogP) is 5.83. The van der Waals surface area contributed by atoms with Gasteiger partial charge in [-0.2, -0.15) is 4.39 Å². The lowest BCUT2D eigenvalue weighted by Crippen LogP contribution is -2.05. The van der Waals surface area contributed by atoms with Crippen molar-refractivity contribution in [3.05, 3.63) is 72.3 Å². The first-order chi connectivity index (χ1) is 15.6. The number of allylic oxidation sites excluding steroid dienone is 1. The van der Waals surface area contributed by atoms with Crippen LogP contribution in [0.2, 0.25) is 0 Å². The van der Waals surface area contributed by atoms with Crippen molar-refractivity contribution in [2.75, 3.05) is 18.2 Å². The SMILES string of the molecule is CCCCCCC=C(Nc1cc(-c2ccc(F)nc2)ccc1N)c1cnc(COC)cn1. The Morgan fingerprint density at radius 2 is 1.88 bits per heavy atom. The molecule has 3 N–H and O–H groups in total. The monoisotopic (exact) mass is 435 g/mol. The van der Waals surface area contributed by atoms with E-state index in [0.29, 0.717) is 12.3 Å². The Morgan fingerprint density at radius 1 is 1.03 bits per heavy atom. The van der Waals surface area contributed by atoms with Gasteiger partial charge in [-0.05, 0) is 42.7 Å². The summed E-state index contributed by atoms with van der Waals surface area (Å²) in [6.45, 7) is 2.61. The van der Waals surface area contributed by atoms with Crippen molar-refractivity contribution in [2.24, 2.45) is 0 Å². The Labute approximate surface area is 188 Å². The number of rotatable bonds is 11. The molecule has 6 nitrogen and oxygen atoms in total. The highest BCUT2D eigenvalue weighted by atomic mass is 19.1. The average Bonchev–Trinajstić information content (AvgIpc) is 2.81. The number of unbranched alkanes of at least 4 members (excludes halogenated alkanes) is 4. The highest BCUT2D eigenvalue weighted by Crippen LogP contribution is 2.29. The first-order valence-corrected chi connectivity index (χ1v) is 10.9. The second-order valence-electron chi connectivity index (χ2n) is 7.59. The summed E-state index contributed by atoms with van der Waals surface area (Å²) in [5.41, 5.74) is 11.6. The van der Waals surface area contributed by atoms with Crippen LogP contribution in [0.4, 0.5) is 15.8 Å². The van der Waals surface area contributed by atoms with E-state index in [0.717, 1.165) is 46.7 Å². The molecular weight excluding hydrogens is 405 g/mol. The molecule has 3 aromatic rings. The molecule has 1 aromatic carbocycles. The molecule has 32 heavy (non-hydrogen) atoms. The lowest BCUT2D eigenvalue weighted by molar-refractivity contribution is 0.181. The van der Waals surface area contributed by atoms with Gasteiger partial charge < -0.3 is 15.8 Å². The van der Waals surface area contributed by atoms with Crippen LogP contribution >= 0.6 is 0 Å². The highest BCUT2D eigenvalue weighted by molar-refractivity contribution is 5.84. The normalized spacial score (nSPS) is 11.5. The van der Waals surface area contributed by atoms with E-state index in [4.69, 9.17) is 10.5 Å². The minimum atomic E-state index is -0.508. The van der Waals surface area contributed by atoms with Gasteiger partial charge in [0, 0.05) is 18.9 Å². The quantitative estimate of drug-likeness (QED) is 0.224. The molecule has 0 radical (unpaired) electrons. The number of aromatic nitrogens is 3. The first-order valence-electron chi connectivity index (χ1n) is 10.9. The van der Waals surface area contributed by atoms with Crippen molar-refractivity contribution in [2.45, 2.75) is 45.6 Å². The molecule has 2 heterocycles. The van der Waals surface area contributed by atoms with Gasteiger partial charge >= 0.3 is 0 Å². The fourth-order valence-electron chi connectivity index (χ4n) is 3.29. The third-order valence-corrected chi connectivity index (χ3v) is 5.06. The molecule has 0 unspecified atom stereocenters. The maximum atomic E-state index is 13.2. The minimum absolute atomic E-state index is 0.414. The third kappa shape index (κ3) is 6.59. The standard InChI is InChI=1S/C25H30FN5O/c1-3-4-5-6-7-8-22(24-16-28-20(15-29-24)17-32-2)31-23-13-18(9-11-21(23)27)19-10-12-25(26)30-14-19/h8-16,31H,3-7,17,27H2,1-2H3. The van der Waals surface area contributed by atoms with Crippen LogP contribution in [-0.4, -0.2) is 22.1 Å². The van der Waals surface area contributed by atoms with E-state index < -0.39 is 5.95 Å². The van der Waals surface area contributed by atoms with Crippen molar-refractivity contribution in [1.29, 1.82) is 0 Å². The van der Waals surface area contributed by atoms with Gasteiger partial charge in [0.25, 0.3) is 0 Å². The second-order valence-corrected chi connectivity index (χ2v) is 7.59. The second kappa shape index (κ2) is 11.9. The molecule has 0 fully saturated rings. The Morgan fingerprint density at radius 3 is 2.56 bits per heavy atom. The number of pyridine rings is 1. The van der Waals surface area contributed by atoms with Crippen LogP contribution in [0.15, 0.2) is 55.0 Å². The van der Waals surface area contributed by atoms with E-state index in [9.17, 15) is 4.39 Å². The van der Waals surface area contributed by atoms with Gasteiger partial charge in [-0.25, -0.2) is 4.98 Å². The molecule has 0 aliphatic heterocycles. The third-order valence-electron chi connectivity index (χ3n) is 5.06.